The molecule has 2 aliphatic heterocycles. The summed E-state index contributed by atoms with van der Waals surface area (Å²) in [6, 6.07) is 3.97. The monoisotopic (exact) mass is 267 g/mol. The molecule has 2 aliphatic rings. The number of hydrogen-bond donors (Lipinski definition) is 2. The smallest absolute Gasteiger partial charge is 0.125 e. The highest BCUT2D eigenvalue weighted by molar-refractivity contribution is 6.30. The third-order valence-electron chi connectivity index (χ3n) is 3.87. The summed E-state index contributed by atoms with van der Waals surface area (Å²) in [5.41, 5.74) is 2.35. The van der Waals surface area contributed by atoms with Gasteiger partial charge in [-0.1, -0.05) is 11.6 Å². The van der Waals surface area contributed by atoms with Crippen molar-refractivity contribution in [3.05, 3.63) is 28.3 Å². The summed E-state index contributed by atoms with van der Waals surface area (Å²) >= 11 is 6.15. The lowest BCUT2D eigenvalue weighted by atomic mass is 9.89. The number of hydrogen-bond acceptors (Lipinski definition) is 3. The summed E-state index contributed by atoms with van der Waals surface area (Å²) in [6.45, 7) is 2.51. The predicted molar refractivity (Wildman–Crippen MR) is 71.3 cm³/mol. The van der Waals surface area contributed by atoms with Gasteiger partial charge in [0.25, 0.3) is 0 Å². The Morgan fingerprint density at radius 3 is 3.17 bits per heavy atom. The Hall–Kier alpha value is -0.770. The minimum atomic E-state index is -0.220. The predicted octanol–water partition coefficient (Wildman–Crippen LogP) is 1.79. The Labute approximate surface area is 112 Å². The molecular weight excluding hydrogens is 250 g/mol. The maximum atomic E-state index is 10.0. The Morgan fingerprint density at radius 2 is 2.33 bits per heavy atom. The molecule has 0 bridgehead atoms. The quantitative estimate of drug-likeness (QED) is 0.858. The molecule has 2 N–H and O–H groups in total. The van der Waals surface area contributed by atoms with Gasteiger partial charge in [0.1, 0.15) is 5.75 Å². The van der Waals surface area contributed by atoms with E-state index in [4.69, 9.17) is 16.3 Å². The minimum Gasteiger partial charge on any atom is -0.493 e. The van der Waals surface area contributed by atoms with E-state index in [9.17, 15) is 5.11 Å². The van der Waals surface area contributed by atoms with Gasteiger partial charge >= 0.3 is 0 Å². The maximum Gasteiger partial charge on any atom is 0.125 e. The molecule has 2 unspecified atom stereocenters. The van der Waals surface area contributed by atoms with Crippen LogP contribution in [0.2, 0.25) is 5.02 Å². The lowest BCUT2D eigenvalue weighted by Crippen LogP contribution is -2.40. The van der Waals surface area contributed by atoms with E-state index >= 15 is 0 Å². The fourth-order valence-corrected chi connectivity index (χ4v) is 3.16. The average Bonchev–Trinajstić information content (AvgIpc) is 2.80. The maximum absolute atomic E-state index is 10.0. The van der Waals surface area contributed by atoms with Crippen LogP contribution in [0.5, 0.6) is 5.75 Å². The highest BCUT2D eigenvalue weighted by Crippen LogP contribution is 2.35. The number of rotatable bonds is 2. The van der Waals surface area contributed by atoms with E-state index in [2.05, 4.69) is 5.32 Å². The Balaban J connectivity index is 1.84. The van der Waals surface area contributed by atoms with Gasteiger partial charge in [0.15, 0.2) is 0 Å². The molecule has 1 fully saturated rings. The summed E-state index contributed by atoms with van der Waals surface area (Å²) in [6.07, 6.45) is 2.38. The van der Waals surface area contributed by atoms with Crippen molar-refractivity contribution >= 4 is 11.6 Å². The lowest BCUT2D eigenvalue weighted by Gasteiger charge is -2.28. The lowest BCUT2D eigenvalue weighted by molar-refractivity contribution is 0.0788. The Kier molecular flexibility index (Phi) is 3.46. The van der Waals surface area contributed by atoms with Gasteiger partial charge in [0, 0.05) is 23.9 Å². The Morgan fingerprint density at radius 1 is 1.44 bits per heavy atom. The first-order valence-corrected chi connectivity index (χ1v) is 6.94. The second-order valence-electron chi connectivity index (χ2n) is 5.18. The third kappa shape index (κ3) is 2.35. The van der Waals surface area contributed by atoms with Crippen molar-refractivity contribution in [2.24, 2.45) is 5.92 Å². The van der Waals surface area contributed by atoms with Crippen molar-refractivity contribution in [2.45, 2.75) is 25.4 Å². The van der Waals surface area contributed by atoms with Crippen LogP contribution in [0.1, 0.15) is 17.5 Å². The van der Waals surface area contributed by atoms with Crippen LogP contribution in [0.25, 0.3) is 0 Å². The number of piperidine rings is 1. The summed E-state index contributed by atoms with van der Waals surface area (Å²) in [5, 5.41) is 14.1. The number of fused-ring (bicyclic) bond motifs is 1. The molecule has 1 aromatic carbocycles. The molecule has 0 spiro atoms. The topological polar surface area (TPSA) is 41.5 Å². The molecule has 1 saturated heterocycles. The molecule has 0 radical (unpaired) electrons. The Bertz CT molecular complexity index is 450. The zero-order valence-corrected chi connectivity index (χ0v) is 11.0. The van der Waals surface area contributed by atoms with Gasteiger partial charge in [-0.15, -0.1) is 0 Å². The molecule has 98 valence electrons. The molecular formula is C14H18ClNO2. The molecule has 0 aromatic heterocycles. The molecule has 0 aliphatic carbocycles. The molecule has 18 heavy (non-hydrogen) atoms. The van der Waals surface area contributed by atoms with Crippen LogP contribution in [-0.2, 0) is 12.8 Å². The summed E-state index contributed by atoms with van der Waals surface area (Å²) in [4.78, 5) is 0. The van der Waals surface area contributed by atoms with E-state index in [1.165, 1.54) is 5.56 Å². The zero-order valence-electron chi connectivity index (χ0n) is 10.3. The largest absolute Gasteiger partial charge is 0.493 e. The molecule has 1 aromatic rings. The van der Waals surface area contributed by atoms with Gasteiger partial charge in [-0.3, -0.25) is 0 Å². The van der Waals surface area contributed by atoms with Crippen molar-refractivity contribution in [1.29, 1.82) is 0 Å². The van der Waals surface area contributed by atoms with E-state index < -0.39 is 0 Å². The van der Waals surface area contributed by atoms with E-state index in [0.29, 0.717) is 0 Å². The minimum absolute atomic E-state index is 0.220. The number of halogens is 1. The van der Waals surface area contributed by atoms with E-state index in [1.807, 2.05) is 12.1 Å². The van der Waals surface area contributed by atoms with Crippen LogP contribution >= 0.6 is 11.6 Å². The molecule has 4 heteroatoms. The zero-order chi connectivity index (χ0) is 12.5. The van der Waals surface area contributed by atoms with Gasteiger partial charge in [-0.2, -0.15) is 0 Å². The molecule has 3 nitrogen and oxygen atoms in total. The highest BCUT2D eigenvalue weighted by atomic mass is 35.5. The van der Waals surface area contributed by atoms with Gasteiger partial charge < -0.3 is 15.2 Å². The van der Waals surface area contributed by atoms with Crippen molar-refractivity contribution in [3.8, 4) is 5.75 Å². The van der Waals surface area contributed by atoms with E-state index in [-0.39, 0.29) is 12.0 Å². The van der Waals surface area contributed by atoms with Crippen LogP contribution < -0.4 is 10.1 Å². The summed E-state index contributed by atoms with van der Waals surface area (Å²) < 4.78 is 5.70. The molecule has 3 rings (SSSR count). The number of ether oxygens (including phenoxy) is 1. The second-order valence-corrected chi connectivity index (χ2v) is 5.61. The fraction of sp³-hybridized carbons (Fsp3) is 0.571. The first-order valence-electron chi connectivity index (χ1n) is 6.57. The third-order valence-corrected chi connectivity index (χ3v) is 4.09. The summed E-state index contributed by atoms with van der Waals surface area (Å²) in [7, 11) is 0. The molecule has 0 amide bonds. The van der Waals surface area contributed by atoms with Crippen LogP contribution in [0.4, 0.5) is 0 Å². The van der Waals surface area contributed by atoms with Gasteiger partial charge in [-0.05, 0) is 42.6 Å². The van der Waals surface area contributed by atoms with Crippen LogP contribution in [0.3, 0.4) is 0 Å². The number of nitrogens with one attached hydrogen (secondary N) is 1. The van der Waals surface area contributed by atoms with Crippen LogP contribution in [0, 0.1) is 5.92 Å². The molecule has 2 heterocycles. The van der Waals surface area contributed by atoms with Crippen LogP contribution in [-0.4, -0.2) is 30.9 Å². The van der Waals surface area contributed by atoms with Crippen molar-refractivity contribution in [2.75, 3.05) is 19.7 Å². The number of aliphatic hydroxyl groups is 1. The van der Waals surface area contributed by atoms with Crippen LogP contribution in [0.15, 0.2) is 12.1 Å². The van der Waals surface area contributed by atoms with Gasteiger partial charge in [0.05, 0.1) is 12.7 Å². The second kappa shape index (κ2) is 5.08. The normalized spacial score (nSPS) is 26.8. The van der Waals surface area contributed by atoms with Gasteiger partial charge in [-0.25, -0.2) is 0 Å². The number of aliphatic hydroxyl groups excluding tert-OH is 1. The van der Waals surface area contributed by atoms with Crippen molar-refractivity contribution in [1.82, 2.24) is 5.32 Å². The SMILES string of the molecule is OC1CCNCC1Cc1cc(Cl)cc2c1OCC2. The first-order chi connectivity index (χ1) is 8.74. The fourth-order valence-electron chi connectivity index (χ4n) is 2.90. The average molecular weight is 268 g/mol. The standard InChI is InChI=1S/C14H18ClNO2/c15-12-6-9-2-4-18-14(9)10(7-12)5-11-8-16-3-1-13(11)17/h6-7,11,13,16-17H,1-5,8H2. The first kappa shape index (κ1) is 12.3. The van der Waals surface area contributed by atoms with Gasteiger partial charge in [0.2, 0.25) is 0 Å². The summed E-state index contributed by atoms with van der Waals surface area (Å²) in [5.74, 6) is 1.25. The van der Waals surface area contributed by atoms with E-state index in [0.717, 1.165) is 55.3 Å². The number of benzene rings is 1. The highest BCUT2D eigenvalue weighted by Gasteiger charge is 2.26. The van der Waals surface area contributed by atoms with E-state index in [1.54, 1.807) is 0 Å². The van der Waals surface area contributed by atoms with Crippen molar-refractivity contribution in [3.63, 3.8) is 0 Å². The molecule has 2 atom stereocenters. The molecule has 0 saturated carbocycles. The van der Waals surface area contributed by atoms with Crippen molar-refractivity contribution < 1.29 is 9.84 Å².